The average molecular weight is 643 g/mol. The Morgan fingerprint density at radius 1 is 0.891 bits per heavy atom. The molecule has 1 aromatic heterocycles. The van der Waals surface area contributed by atoms with Crippen molar-refractivity contribution in [3.8, 4) is 11.5 Å². The number of hydrogen-bond donors (Lipinski definition) is 5. The Morgan fingerprint density at radius 3 is 2.11 bits per heavy atom. The van der Waals surface area contributed by atoms with Gasteiger partial charge in [-0.2, -0.15) is 0 Å². The first-order valence-electron chi connectivity index (χ1n) is 14.7. The molecule has 13 nitrogen and oxygen atoms in total. The molecule has 0 amide bonds. The van der Waals surface area contributed by atoms with Crippen molar-refractivity contribution < 1.29 is 63.3 Å². The van der Waals surface area contributed by atoms with Gasteiger partial charge in [0.15, 0.2) is 28.7 Å². The fraction of sp³-hybridized carbons (Fsp3) is 0.455. The third-order valence-electron chi connectivity index (χ3n) is 8.46. The van der Waals surface area contributed by atoms with E-state index in [1.807, 2.05) is 24.3 Å². The van der Waals surface area contributed by atoms with Crippen LogP contribution in [0.3, 0.4) is 0 Å². The van der Waals surface area contributed by atoms with Gasteiger partial charge in [-0.1, -0.05) is 18.2 Å². The predicted octanol–water partition coefficient (Wildman–Crippen LogP) is 0.993. The Bertz CT molecular complexity index is 1610. The summed E-state index contributed by atoms with van der Waals surface area (Å²) >= 11 is 0. The maximum Gasteiger partial charge on any atom is 0.240 e. The minimum atomic E-state index is -3.62. The molecule has 2 heterocycles. The van der Waals surface area contributed by atoms with E-state index in [1.165, 1.54) is 18.4 Å². The van der Waals surface area contributed by atoms with Crippen molar-refractivity contribution in [1.82, 2.24) is 0 Å². The Kier molecular flexibility index (Phi) is 10.2. The van der Waals surface area contributed by atoms with Gasteiger partial charge in [0.05, 0.1) is 18.3 Å². The molecular formula is C33H38O13. The predicted molar refractivity (Wildman–Crippen MR) is 160 cm³/mol. The van der Waals surface area contributed by atoms with Crippen molar-refractivity contribution >= 4 is 34.1 Å². The molecule has 2 aromatic carbocycles. The van der Waals surface area contributed by atoms with Crippen molar-refractivity contribution in [3.63, 3.8) is 0 Å². The summed E-state index contributed by atoms with van der Waals surface area (Å²) in [6.07, 6.45) is -3.96. The topological polar surface area (TPSA) is 210 Å². The molecule has 5 N–H and O–H groups in total. The van der Waals surface area contributed by atoms with Crippen LogP contribution in [0.2, 0.25) is 0 Å². The van der Waals surface area contributed by atoms with Gasteiger partial charge < -0.3 is 44.2 Å². The van der Waals surface area contributed by atoms with E-state index in [4.69, 9.17) is 23.7 Å². The molecule has 46 heavy (non-hydrogen) atoms. The molecule has 1 fully saturated rings. The van der Waals surface area contributed by atoms with Gasteiger partial charge in [-0.05, 0) is 70.4 Å². The van der Waals surface area contributed by atoms with Crippen LogP contribution in [-0.4, -0.2) is 97.2 Å². The minimum Gasteiger partial charge on any atom is -0.494 e. The summed E-state index contributed by atoms with van der Waals surface area (Å²) in [5.41, 5.74) is -8.54. The molecule has 6 atom stereocenters. The number of ketones is 4. The van der Waals surface area contributed by atoms with E-state index in [2.05, 4.69) is 0 Å². The van der Waals surface area contributed by atoms with E-state index in [0.717, 1.165) is 33.3 Å². The first-order valence-corrected chi connectivity index (χ1v) is 14.7. The van der Waals surface area contributed by atoms with Gasteiger partial charge in [0.2, 0.25) is 17.5 Å². The van der Waals surface area contributed by atoms with Crippen LogP contribution >= 0.6 is 0 Å². The molecule has 1 unspecified atom stereocenters. The van der Waals surface area contributed by atoms with Gasteiger partial charge in [-0.15, -0.1) is 0 Å². The zero-order valence-corrected chi connectivity index (χ0v) is 25.9. The first kappa shape index (κ1) is 34.9. The van der Waals surface area contributed by atoms with Crippen LogP contribution in [0.15, 0.2) is 53.1 Å². The lowest BCUT2D eigenvalue weighted by molar-refractivity contribution is -0.357. The number of furan rings is 1. The normalized spacial score (nSPS) is 26.8. The molecule has 0 radical (unpaired) electrons. The lowest BCUT2D eigenvalue weighted by atomic mass is 9.60. The molecular weight excluding hydrogens is 604 g/mol. The maximum absolute atomic E-state index is 13.1. The van der Waals surface area contributed by atoms with Gasteiger partial charge >= 0.3 is 0 Å². The summed E-state index contributed by atoms with van der Waals surface area (Å²) in [5, 5.41) is 55.2. The van der Waals surface area contributed by atoms with Crippen molar-refractivity contribution in [2.75, 3.05) is 13.2 Å². The zero-order chi connectivity index (χ0) is 34.0. The number of ether oxygens (including phenoxy) is 3. The molecule has 248 valence electrons. The van der Waals surface area contributed by atoms with Gasteiger partial charge in [-0.3, -0.25) is 19.2 Å². The Hall–Kier alpha value is -3.98. The zero-order valence-electron chi connectivity index (χ0n) is 25.9. The maximum atomic E-state index is 13.1. The van der Waals surface area contributed by atoms with Crippen LogP contribution in [0.25, 0.3) is 11.0 Å². The molecule has 4 rings (SSSR count). The number of carbonyl (C=O) groups excluding carboxylic acids is 4. The first-order chi connectivity index (χ1) is 21.6. The second kappa shape index (κ2) is 13.4. The van der Waals surface area contributed by atoms with Gasteiger partial charge in [0.25, 0.3) is 0 Å². The van der Waals surface area contributed by atoms with E-state index in [9.17, 15) is 39.6 Å². The Morgan fingerprint density at radius 2 is 1.54 bits per heavy atom. The molecule has 0 spiro atoms. The second-order valence-corrected chi connectivity index (χ2v) is 11.4. The average Bonchev–Trinajstić information content (AvgIpc) is 3.44. The summed E-state index contributed by atoms with van der Waals surface area (Å²) in [4.78, 5) is 51.2. The quantitative estimate of drug-likeness (QED) is 0.156. The summed E-state index contributed by atoms with van der Waals surface area (Å²) in [6.45, 7) is 3.60. The molecule has 0 aliphatic carbocycles. The van der Waals surface area contributed by atoms with Crippen LogP contribution in [0.1, 0.15) is 45.2 Å². The highest BCUT2D eigenvalue weighted by Crippen LogP contribution is 2.48. The molecule has 0 saturated carbocycles. The molecule has 3 aromatic rings. The molecule has 1 aliphatic rings. The molecule has 13 heteroatoms. The number of hydrogen-bond acceptors (Lipinski definition) is 13. The number of aryl methyl sites for hydroxylation is 2. The number of Topliss-reactive ketones (excluding diaryl/α,β-unsaturated/α-hetero) is 4. The summed E-state index contributed by atoms with van der Waals surface area (Å²) < 4.78 is 22.9. The number of aliphatic hydroxyl groups is 5. The molecule has 1 saturated heterocycles. The van der Waals surface area contributed by atoms with Crippen molar-refractivity contribution in [1.29, 1.82) is 0 Å². The lowest BCUT2D eigenvalue weighted by Gasteiger charge is -2.57. The fourth-order valence-electron chi connectivity index (χ4n) is 5.84. The Labute approximate surface area is 264 Å². The Balaban J connectivity index is 1.74. The standard InChI is InChI=1S/C33H38O13/c1-18(35)28(39)29-31(40,19(2)36)33(42,21(4)38)32(41,20(3)37)30(46-29)45-26-8-5-7-25-27(26)23(17-44-25)12-9-22-10-13-24(14-11-22)43-16-6-15-34/h5,7-8,10-11,13-14,17,28-30,34,39-42H,6,9,12,15-16H2,1-4H3/t28?,29-,30-,31-,32+,33+/m1/s1. The van der Waals surface area contributed by atoms with E-state index in [0.29, 0.717) is 48.2 Å². The van der Waals surface area contributed by atoms with Crippen molar-refractivity contribution in [3.05, 3.63) is 59.9 Å². The lowest BCUT2D eigenvalue weighted by Crippen LogP contribution is -2.87. The summed E-state index contributed by atoms with van der Waals surface area (Å²) in [7, 11) is 0. The summed E-state index contributed by atoms with van der Waals surface area (Å²) in [5.74, 6) is -4.48. The minimum absolute atomic E-state index is 0.0303. The highest BCUT2D eigenvalue weighted by molar-refractivity contribution is 6.05. The van der Waals surface area contributed by atoms with Crippen LogP contribution < -0.4 is 9.47 Å². The number of carbonyl (C=O) groups is 4. The van der Waals surface area contributed by atoms with Gasteiger partial charge in [0.1, 0.15) is 29.3 Å². The molecule has 1 aliphatic heterocycles. The van der Waals surface area contributed by atoms with Crippen LogP contribution in [0, 0.1) is 0 Å². The number of aliphatic hydroxyl groups excluding tert-OH is 2. The number of fused-ring (bicyclic) bond motifs is 1. The third-order valence-corrected chi connectivity index (χ3v) is 8.46. The third kappa shape index (κ3) is 5.74. The van der Waals surface area contributed by atoms with E-state index in [-0.39, 0.29) is 12.4 Å². The highest BCUT2D eigenvalue weighted by atomic mass is 16.7. The van der Waals surface area contributed by atoms with Gasteiger partial charge in [-0.25, -0.2) is 0 Å². The monoisotopic (exact) mass is 642 g/mol. The van der Waals surface area contributed by atoms with Crippen LogP contribution in [0.5, 0.6) is 11.5 Å². The van der Waals surface area contributed by atoms with Gasteiger partial charge in [0, 0.05) is 18.6 Å². The summed E-state index contributed by atoms with van der Waals surface area (Å²) in [6, 6.07) is 12.0. The fourth-order valence-corrected chi connectivity index (χ4v) is 5.84. The van der Waals surface area contributed by atoms with Crippen molar-refractivity contribution in [2.24, 2.45) is 0 Å². The second-order valence-electron chi connectivity index (χ2n) is 11.4. The van der Waals surface area contributed by atoms with Crippen LogP contribution in [-0.2, 0) is 36.8 Å². The van der Waals surface area contributed by atoms with Crippen molar-refractivity contribution in [2.45, 2.75) is 82.3 Å². The largest absolute Gasteiger partial charge is 0.494 e. The number of rotatable bonds is 14. The van der Waals surface area contributed by atoms with E-state index >= 15 is 0 Å². The SMILES string of the molecule is CC(=O)C(O)[C@H]1O[C@@H](Oc2cccc3occ(CCc4ccc(OCCCO)cc4)c23)[C@@](O)(C(C)=O)[C@](O)(C(C)=O)[C@@]1(O)C(C)=O. The van der Waals surface area contributed by atoms with E-state index in [1.54, 1.807) is 6.07 Å². The van der Waals surface area contributed by atoms with E-state index < -0.39 is 58.4 Å². The smallest absolute Gasteiger partial charge is 0.240 e. The number of benzene rings is 2. The van der Waals surface area contributed by atoms with Crippen LogP contribution in [0.4, 0.5) is 0 Å². The molecule has 0 bridgehead atoms. The highest BCUT2D eigenvalue weighted by Gasteiger charge is 2.80.